The molecule has 0 aliphatic carbocycles. The Bertz CT molecular complexity index is 1080. The smallest absolute Gasteiger partial charge is 0.261 e. The van der Waals surface area contributed by atoms with E-state index in [2.05, 4.69) is 21.6 Å². The van der Waals surface area contributed by atoms with Crippen molar-refractivity contribution in [1.82, 2.24) is 10.3 Å². The predicted octanol–water partition coefficient (Wildman–Crippen LogP) is 3.59. The summed E-state index contributed by atoms with van der Waals surface area (Å²) in [5, 5.41) is 2.66. The number of hydrogen-bond donors (Lipinski definition) is 2. The maximum atomic E-state index is 12.3. The molecule has 3 rings (SSSR count). The number of pyridine rings is 1. The molecule has 0 aliphatic heterocycles. The molecule has 0 saturated carbocycles. The Hall–Kier alpha value is -3.65. The van der Waals surface area contributed by atoms with E-state index >= 15 is 0 Å². The standard InChI is InChI=1S/C21H19N3O4S/c1-2-14-22-21(25)16-8-13-20(23-15-16)28-18-11-9-17(10-12-18)24-29(26,27)19-6-4-3-5-7-19/h2-13,15,24H,1,14H2,(H,22,25). The van der Waals surface area contributed by atoms with Gasteiger partial charge in [-0.05, 0) is 42.5 Å². The zero-order valence-corrected chi connectivity index (χ0v) is 16.2. The molecule has 0 saturated heterocycles. The summed E-state index contributed by atoms with van der Waals surface area (Å²) in [5.74, 6) is 0.533. The molecule has 0 unspecified atom stereocenters. The first-order chi connectivity index (χ1) is 14.0. The van der Waals surface area contributed by atoms with E-state index in [0.29, 0.717) is 29.4 Å². The van der Waals surface area contributed by atoms with Crippen LogP contribution in [0.3, 0.4) is 0 Å². The van der Waals surface area contributed by atoms with Crippen molar-refractivity contribution in [3.05, 3.63) is 91.1 Å². The second-order valence-electron chi connectivity index (χ2n) is 5.93. The number of benzene rings is 2. The average molecular weight is 409 g/mol. The molecule has 0 bridgehead atoms. The van der Waals surface area contributed by atoms with E-state index in [4.69, 9.17) is 4.74 Å². The van der Waals surface area contributed by atoms with Gasteiger partial charge in [-0.2, -0.15) is 0 Å². The first-order valence-electron chi connectivity index (χ1n) is 8.69. The number of hydrogen-bond acceptors (Lipinski definition) is 5. The first kappa shape index (κ1) is 20.1. The van der Waals surface area contributed by atoms with Gasteiger partial charge in [0.25, 0.3) is 15.9 Å². The van der Waals surface area contributed by atoms with Crippen molar-refractivity contribution in [2.75, 3.05) is 11.3 Å². The lowest BCUT2D eigenvalue weighted by molar-refractivity contribution is 0.0957. The van der Waals surface area contributed by atoms with E-state index < -0.39 is 10.0 Å². The molecule has 0 atom stereocenters. The Balaban J connectivity index is 1.63. The summed E-state index contributed by atoms with van der Waals surface area (Å²) >= 11 is 0. The SMILES string of the molecule is C=CCNC(=O)c1ccc(Oc2ccc(NS(=O)(=O)c3ccccc3)cc2)nc1. The van der Waals surface area contributed by atoms with Gasteiger partial charge in [0.15, 0.2) is 0 Å². The highest BCUT2D eigenvalue weighted by molar-refractivity contribution is 7.92. The summed E-state index contributed by atoms with van der Waals surface area (Å²) in [7, 11) is -3.65. The van der Waals surface area contributed by atoms with Gasteiger partial charge in [-0.25, -0.2) is 13.4 Å². The van der Waals surface area contributed by atoms with Crippen molar-refractivity contribution in [3.63, 3.8) is 0 Å². The van der Waals surface area contributed by atoms with Gasteiger partial charge in [-0.1, -0.05) is 24.3 Å². The van der Waals surface area contributed by atoms with Crippen LogP contribution < -0.4 is 14.8 Å². The number of carbonyl (C=O) groups is 1. The van der Waals surface area contributed by atoms with Crippen LogP contribution in [0.25, 0.3) is 0 Å². The molecular formula is C21H19N3O4S. The highest BCUT2D eigenvalue weighted by Crippen LogP contribution is 2.23. The van der Waals surface area contributed by atoms with Gasteiger partial charge >= 0.3 is 0 Å². The number of carbonyl (C=O) groups excluding carboxylic acids is 1. The average Bonchev–Trinajstić information content (AvgIpc) is 2.74. The van der Waals surface area contributed by atoms with Crippen LogP contribution in [0.2, 0.25) is 0 Å². The second kappa shape index (κ2) is 9.03. The molecule has 2 N–H and O–H groups in total. The van der Waals surface area contributed by atoms with Crippen LogP contribution in [0.15, 0.2) is 90.5 Å². The third-order valence-electron chi connectivity index (χ3n) is 3.79. The largest absolute Gasteiger partial charge is 0.439 e. The number of anilines is 1. The van der Waals surface area contributed by atoms with Gasteiger partial charge in [-0.15, -0.1) is 6.58 Å². The Kier molecular flexibility index (Phi) is 6.25. The minimum atomic E-state index is -3.65. The van der Waals surface area contributed by atoms with E-state index in [1.165, 1.54) is 18.3 Å². The maximum absolute atomic E-state index is 12.3. The van der Waals surface area contributed by atoms with Crippen molar-refractivity contribution in [3.8, 4) is 11.6 Å². The van der Waals surface area contributed by atoms with Crippen molar-refractivity contribution < 1.29 is 17.9 Å². The third-order valence-corrected chi connectivity index (χ3v) is 5.19. The number of rotatable bonds is 8. The fourth-order valence-corrected chi connectivity index (χ4v) is 3.45. The number of nitrogens with zero attached hydrogens (tertiary/aromatic N) is 1. The van der Waals surface area contributed by atoms with E-state index in [-0.39, 0.29) is 10.8 Å². The van der Waals surface area contributed by atoms with Crippen LogP contribution in [0.1, 0.15) is 10.4 Å². The lowest BCUT2D eigenvalue weighted by Gasteiger charge is -2.09. The third kappa shape index (κ3) is 5.43. The van der Waals surface area contributed by atoms with Crippen molar-refractivity contribution in [1.29, 1.82) is 0 Å². The summed E-state index contributed by atoms with van der Waals surface area (Å²) < 4.78 is 32.8. The van der Waals surface area contributed by atoms with E-state index in [9.17, 15) is 13.2 Å². The molecule has 1 heterocycles. The molecule has 0 radical (unpaired) electrons. The van der Waals surface area contributed by atoms with Crippen molar-refractivity contribution in [2.24, 2.45) is 0 Å². The summed E-state index contributed by atoms with van der Waals surface area (Å²) in [6.07, 6.45) is 3.00. The zero-order valence-electron chi connectivity index (χ0n) is 15.4. The molecule has 1 aromatic heterocycles. The number of ether oxygens (including phenoxy) is 1. The van der Waals surface area contributed by atoms with Crippen LogP contribution in [0, 0.1) is 0 Å². The van der Waals surface area contributed by atoms with E-state index in [1.807, 2.05) is 0 Å². The van der Waals surface area contributed by atoms with Gasteiger partial charge in [0, 0.05) is 24.5 Å². The second-order valence-corrected chi connectivity index (χ2v) is 7.61. The molecule has 1 amide bonds. The van der Waals surface area contributed by atoms with Gasteiger partial charge in [0.05, 0.1) is 10.5 Å². The lowest BCUT2D eigenvalue weighted by atomic mass is 10.2. The minimum Gasteiger partial charge on any atom is -0.439 e. The zero-order chi connectivity index (χ0) is 20.7. The minimum absolute atomic E-state index is 0.182. The molecule has 8 heteroatoms. The van der Waals surface area contributed by atoms with Gasteiger partial charge in [0.2, 0.25) is 5.88 Å². The van der Waals surface area contributed by atoms with Gasteiger partial charge in [-0.3, -0.25) is 9.52 Å². The molecule has 29 heavy (non-hydrogen) atoms. The summed E-state index contributed by atoms with van der Waals surface area (Å²) in [5.41, 5.74) is 0.813. The monoisotopic (exact) mass is 409 g/mol. The van der Waals surface area contributed by atoms with E-state index in [0.717, 1.165) is 0 Å². The molecule has 7 nitrogen and oxygen atoms in total. The molecule has 0 fully saturated rings. The highest BCUT2D eigenvalue weighted by Gasteiger charge is 2.13. The summed E-state index contributed by atoms with van der Waals surface area (Å²) in [4.78, 5) is 16.1. The highest BCUT2D eigenvalue weighted by atomic mass is 32.2. The molecule has 148 valence electrons. The Morgan fingerprint density at radius 1 is 1.03 bits per heavy atom. The summed E-state index contributed by atoms with van der Waals surface area (Å²) in [6.45, 7) is 3.91. The maximum Gasteiger partial charge on any atom is 0.261 e. The quantitative estimate of drug-likeness (QED) is 0.554. The van der Waals surface area contributed by atoms with Crippen molar-refractivity contribution >= 4 is 21.6 Å². The lowest BCUT2D eigenvalue weighted by Crippen LogP contribution is -2.23. The van der Waals surface area contributed by atoms with Crippen LogP contribution in [-0.2, 0) is 10.0 Å². The fourth-order valence-electron chi connectivity index (χ4n) is 2.37. The Morgan fingerprint density at radius 3 is 2.38 bits per heavy atom. The van der Waals surface area contributed by atoms with Crippen LogP contribution in [0.5, 0.6) is 11.6 Å². The molecule has 2 aromatic carbocycles. The number of sulfonamides is 1. The topological polar surface area (TPSA) is 97.4 Å². The molecule has 0 aliphatic rings. The fraction of sp³-hybridized carbons (Fsp3) is 0.0476. The number of aromatic nitrogens is 1. The molecular weight excluding hydrogens is 390 g/mol. The normalized spacial score (nSPS) is 10.8. The van der Waals surface area contributed by atoms with Crippen LogP contribution in [-0.4, -0.2) is 25.9 Å². The van der Waals surface area contributed by atoms with Crippen molar-refractivity contribution in [2.45, 2.75) is 4.90 Å². The van der Waals surface area contributed by atoms with Crippen LogP contribution in [0.4, 0.5) is 5.69 Å². The number of nitrogens with one attached hydrogen (secondary N) is 2. The Labute approximate surface area is 169 Å². The first-order valence-corrected chi connectivity index (χ1v) is 10.2. The van der Waals surface area contributed by atoms with Gasteiger partial charge in [0.1, 0.15) is 5.75 Å². The summed E-state index contributed by atoms with van der Waals surface area (Å²) in [6, 6.07) is 17.7. The van der Waals surface area contributed by atoms with Crippen LogP contribution >= 0.6 is 0 Å². The molecule has 3 aromatic rings. The van der Waals surface area contributed by atoms with Gasteiger partial charge < -0.3 is 10.1 Å². The predicted molar refractivity (Wildman–Crippen MR) is 111 cm³/mol. The Morgan fingerprint density at radius 2 is 1.76 bits per heavy atom. The molecule has 0 spiro atoms. The number of amides is 1. The van der Waals surface area contributed by atoms with E-state index in [1.54, 1.807) is 60.7 Å².